The lowest BCUT2D eigenvalue weighted by Gasteiger charge is -2.53. The molecule has 25 heavy (non-hydrogen) atoms. The molecule has 1 unspecified atom stereocenters. The smallest absolute Gasteiger partial charge is 0.255 e. The van der Waals surface area contributed by atoms with Crippen LogP contribution in [0.5, 0.6) is 0 Å². The third-order valence-corrected chi connectivity index (χ3v) is 5.56. The second-order valence-electron chi connectivity index (χ2n) is 6.72. The van der Waals surface area contributed by atoms with Crippen molar-refractivity contribution in [3.8, 4) is 0 Å². The molecule has 4 heterocycles. The number of pyridine rings is 1. The van der Waals surface area contributed by atoms with Crippen molar-refractivity contribution in [1.82, 2.24) is 14.9 Å². The number of aryl methyl sites for hydroxylation is 1. The third-order valence-electron chi connectivity index (χ3n) is 4.73. The van der Waals surface area contributed by atoms with Crippen LogP contribution in [0.25, 0.3) is 0 Å². The minimum atomic E-state index is -0.251. The molecule has 6 nitrogen and oxygen atoms in total. The van der Waals surface area contributed by atoms with E-state index in [1.165, 1.54) is 0 Å². The van der Waals surface area contributed by atoms with E-state index >= 15 is 0 Å². The van der Waals surface area contributed by atoms with Crippen molar-refractivity contribution in [3.63, 3.8) is 0 Å². The summed E-state index contributed by atoms with van der Waals surface area (Å²) in [5.41, 5.74) is 1.36. The second-order valence-corrected chi connectivity index (χ2v) is 7.78. The number of hydrogen-bond acceptors (Lipinski definition) is 6. The molecule has 0 N–H and O–H groups in total. The molecule has 1 atom stereocenters. The Morgan fingerprint density at radius 3 is 3.12 bits per heavy atom. The van der Waals surface area contributed by atoms with Gasteiger partial charge in [-0.2, -0.15) is 0 Å². The lowest BCUT2D eigenvalue weighted by molar-refractivity contribution is -0.188. The fraction of sp³-hybridized carbons (Fsp3) is 0.500. The molecule has 132 valence electrons. The SMILES string of the molecule is Cc1nc(COC2CCOC3(C2)CN(C(=O)c2cccnc2)C3)cs1. The summed E-state index contributed by atoms with van der Waals surface area (Å²) in [5.74, 6) is 0.0170. The Balaban J connectivity index is 1.31. The standard InChI is InChI=1S/C18H21N3O3S/c1-13-20-15(10-25-13)9-23-16-4-6-24-18(7-16)11-21(12-18)17(22)14-3-2-5-19-8-14/h2-3,5,8,10,16H,4,6-7,9,11-12H2,1H3. The minimum absolute atomic E-state index is 0.0170. The molecule has 2 saturated heterocycles. The van der Waals surface area contributed by atoms with E-state index in [0.29, 0.717) is 31.9 Å². The van der Waals surface area contributed by atoms with Crippen molar-refractivity contribution in [2.75, 3.05) is 19.7 Å². The first-order valence-corrected chi connectivity index (χ1v) is 9.37. The highest BCUT2D eigenvalue weighted by molar-refractivity contribution is 7.09. The molecule has 2 aromatic rings. The third kappa shape index (κ3) is 3.58. The zero-order valence-corrected chi connectivity index (χ0v) is 15.0. The summed E-state index contributed by atoms with van der Waals surface area (Å²) >= 11 is 1.64. The number of carbonyl (C=O) groups is 1. The number of likely N-dealkylation sites (tertiary alicyclic amines) is 1. The maximum atomic E-state index is 12.4. The molecule has 0 radical (unpaired) electrons. The van der Waals surface area contributed by atoms with Gasteiger partial charge in [0, 0.05) is 30.8 Å². The predicted molar refractivity (Wildman–Crippen MR) is 93.5 cm³/mol. The Kier molecular flexibility index (Phi) is 4.54. The molecular weight excluding hydrogens is 338 g/mol. The summed E-state index contributed by atoms with van der Waals surface area (Å²) in [6, 6.07) is 3.58. The predicted octanol–water partition coefficient (Wildman–Crippen LogP) is 2.44. The molecule has 0 aromatic carbocycles. The average Bonchev–Trinajstić information content (AvgIpc) is 3.03. The molecule has 1 spiro atoms. The average molecular weight is 359 g/mol. The quantitative estimate of drug-likeness (QED) is 0.839. The number of hydrogen-bond donors (Lipinski definition) is 0. The first-order chi connectivity index (χ1) is 12.1. The maximum absolute atomic E-state index is 12.4. The van der Waals surface area contributed by atoms with Gasteiger partial charge in [-0.25, -0.2) is 4.98 Å². The van der Waals surface area contributed by atoms with Gasteiger partial charge in [0.05, 0.1) is 42.1 Å². The maximum Gasteiger partial charge on any atom is 0.255 e. The van der Waals surface area contributed by atoms with Crippen LogP contribution in [0.15, 0.2) is 29.9 Å². The van der Waals surface area contributed by atoms with Gasteiger partial charge in [-0.3, -0.25) is 9.78 Å². The lowest BCUT2D eigenvalue weighted by atomic mass is 9.84. The van der Waals surface area contributed by atoms with Crippen molar-refractivity contribution in [2.45, 2.75) is 38.1 Å². The Morgan fingerprint density at radius 2 is 2.40 bits per heavy atom. The molecule has 2 aromatic heterocycles. The van der Waals surface area contributed by atoms with Gasteiger partial charge < -0.3 is 14.4 Å². The summed E-state index contributed by atoms with van der Waals surface area (Å²) in [5, 5.41) is 3.10. The molecule has 0 bridgehead atoms. The van der Waals surface area contributed by atoms with Crippen molar-refractivity contribution in [1.29, 1.82) is 0 Å². The van der Waals surface area contributed by atoms with Gasteiger partial charge in [-0.05, 0) is 25.5 Å². The van der Waals surface area contributed by atoms with Crippen LogP contribution in [-0.4, -0.2) is 52.2 Å². The van der Waals surface area contributed by atoms with Crippen LogP contribution in [0, 0.1) is 6.92 Å². The van der Waals surface area contributed by atoms with E-state index in [0.717, 1.165) is 23.5 Å². The normalized spacial score (nSPS) is 22.0. The van der Waals surface area contributed by atoms with Crippen molar-refractivity contribution in [3.05, 3.63) is 46.2 Å². The van der Waals surface area contributed by atoms with Crippen LogP contribution in [-0.2, 0) is 16.1 Å². The number of thiazole rings is 1. The highest BCUT2D eigenvalue weighted by Crippen LogP contribution is 2.36. The second kappa shape index (κ2) is 6.82. The van der Waals surface area contributed by atoms with E-state index in [1.807, 2.05) is 17.2 Å². The number of amides is 1. The summed E-state index contributed by atoms with van der Waals surface area (Å²) < 4.78 is 12.0. The highest BCUT2D eigenvalue weighted by Gasteiger charge is 2.49. The monoisotopic (exact) mass is 359 g/mol. The van der Waals surface area contributed by atoms with E-state index in [-0.39, 0.29) is 17.6 Å². The van der Waals surface area contributed by atoms with Gasteiger partial charge in [0.1, 0.15) is 5.60 Å². The molecule has 2 fully saturated rings. The summed E-state index contributed by atoms with van der Waals surface area (Å²) in [7, 11) is 0. The Hall–Kier alpha value is -1.83. The largest absolute Gasteiger partial charge is 0.372 e. The number of carbonyl (C=O) groups excluding carboxylic acids is 1. The van der Waals surface area contributed by atoms with Gasteiger partial charge in [0.2, 0.25) is 0 Å². The zero-order valence-electron chi connectivity index (χ0n) is 14.2. The molecule has 7 heteroatoms. The van der Waals surface area contributed by atoms with Crippen LogP contribution < -0.4 is 0 Å². The molecule has 0 aliphatic carbocycles. The van der Waals surface area contributed by atoms with Gasteiger partial charge in [-0.15, -0.1) is 11.3 Å². The van der Waals surface area contributed by atoms with Crippen molar-refractivity contribution in [2.24, 2.45) is 0 Å². The first kappa shape index (κ1) is 16.6. The summed E-state index contributed by atoms with van der Waals surface area (Å²) in [4.78, 5) is 22.7. The molecule has 1 amide bonds. The first-order valence-electron chi connectivity index (χ1n) is 8.49. The van der Waals surface area contributed by atoms with Crippen LogP contribution >= 0.6 is 11.3 Å². The van der Waals surface area contributed by atoms with Crippen molar-refractivity contribution >= 4 is 17.2 Å². The van der Waals surface area contributed by atoms with E-state index in [9.17, 15) is 4.79 Å². The molecule has 2 aliphatic rings. The molecule has 4 rings (SSSR count). The fourth-order valence-corrected chi connectivity index (χ4v) is 4.09. The minimum Gasteiger partial charge on any atom is -0.372 e. The number of nitrogens with zero attached hydrogens (tertiary/aromatic N) is 3. The van der Waals surface area contributed by atoms with Gasteiger partial charge in [-0.1, -0.05) is 0 Å². The number of rotatable bonds is 4. The molecular formula is C18H21N3O3S. The summed E-state index contributed by atoms with van der Waals surface area (Å²) in [6.07, 6.45) is 5.15. The Labute approximate surface area is 150 Å². The van der Waals surface area contributed by atoms with E-state index < -0.39 is 0 Å². The van der Waals surface area contributed by atoms with E-state index in [4.69, 9.17) is 9.47 Å². The fourth-order valence-electron chi connectivity index (χ4n) is 3.49. The highest BCUT2D eigenvalue weighted by atomic mass is 32.1. The number of ether oxygens (including phenoxy) is 2. The molecule has 0 saturated carbocycles. The zero-order chi connectivity index (χ0) is 17.3. The van der Waals surface area contributed by atoms with Gasteiger partial charge >= 0.3 is 0 Å². The Bertz CT molecular complexity index is 743. The van der Waals surface area contributed by atoms with Crippen LogP contribution in [0.1, 0.15) is 33.9 Å². The topological polar surface area (TPSA) is 64.6 Å². The Morgan fingerprint density at radius 1 is 1.52 bits per heavy atom. The van der Waals surface area contributed by atoms with Gasteiger partial charge in [0.25, 0.3) is 5.91 Å². The number of aromatic nitrogens is 2. The summed E-state index contributed by atoms with van der Waals surface area (Å²) in [6.45, 7) is 4.46. The van der Waals surface area contributed by atoms with E-state index in [1.54, 1.807) is 35.9 Å². The molecule has 2 aliphatic heterocycles. The van der Waals surface area contributed by atoms with Crippen molar-refractivity contribution < 1.29 is 14.3 Å². The van der Waals surface area contributed by atoms with Gasteiger partial charge in [0.15, 0.2) is 0 Å². The van der Waals surface area contributed by atoms with Crippen LogP contribution in [0.3, 0.4) is 0 Å². The van der Waals surface area contributed by atoms with Crippen LogP contribution in [0.2, 0.25) is 0 Å². The van der Waals surface area contributed by atoms with E-state index in [2.05, 4.69) is 9.97 Å². The lowest BCUT2D eigenvalue weighted by Crippen LogP contribution is -2.67. The van der Waals surface area contributed by atoms with Crippen LogP contribution in [0.4, 0.5) is 0 Å².